The largest absolute Gasteiger partial charge is 0.313 e. The number of halogens is 1. The van der Waals surface area contributed by atoms with Crippen molar-refractivity contribution in [2.24, 2.45) is 0 Å². The van der Waals surface area contributed by atoms with Gasteiger partial charge in [-0.15, -0.1) is 0 Å². The number of hydrogen-bond acceptors (Lipinski definition) is 3. The predicted octanol–water partition coefficient (Wildman–Crippen LogP) is 3.31. The second-order valence-electron chi connectivity index (χ2n) is 5.42. The number of hydrogen-bond donors (Lipinski definition) is 2. The van der Waals surface area contributed by atoms with Gasteiger partial charge in [-0.2, -0.15) is 0 Å². The molecule has 0 aromatic heterocycles. The van der Waals surface area contributed by atoms with Gasteiger partial charge in [-0.1, -0.05) is 38.4 Å². The Balaban J connectivity index is 3.12. The summed E-state index contributed by atoms with van der Waals surface area (Å²) in [6.07, 6.45) is 1.44. The topological polar surface area (TPSA) is 58.2 Å². The monoisotopic (exact) mass is 332 g/mol. The molecule has 1 aromatic rings. The highest BCUT2D eigenvalue weighted by atomic mass is 35.5. The van der Waals surface area contributed by atoms with Crippen molar-refractivity contribution in [3.8, 4) is 0 Å². The zero-order valence-electron chi connectivity index (χ0n) is 13.2. The minimum absolute atomic E-state index is 0.146. The summed E-state index contributed by atoms with van der Waals surface area (Å²) in [6.45, 7) is 9.29. The fraction of sp³-hybridized carbons (Fsp3) is 0.600. The van der Waals surface area contributed by atoms with Crippen molar-refractivity contribution in [3.63, 3.8) is 0 Å². The van der Waals surface area contributed by atoms with Crippen molar-refractivity contribution >= 4 is 21.6 Å². The molecule has 0 bridgehead atoms. The molecule has 0 radical (unpaired) electrons. The zero-order valence-corrected chi connectivity index (χ0v) is 14.7. The van der Waals surface area contributed by atoms with Crippen LogP contribution >= 0.6 is 11.6 Å². The van der Waals surface area contributed by atoms with E-state index in [1.807, 2.05) is 33.8 Å². The maximum Gasteiger partial charge on any atom is 0.242 e. The molecule has 6 heteroatoms. The van der Waals surface area contributed by atoms with Crippen molar-refractivity contribution < 1.29 is 8.42 Å². The fourth-order valence-electron chi connectivity index (χ4n) is 1.91. The van der Waals surface area contributed by atoms with Crippen LogP contribution in [0.3, 0.4) is 0 Å². The quantitative estimate of drug-likeness (QED) is 0.768. The smallest absolute Gasteiger partial charge is 0.242 e. The SMILES string of the molecule is CCNCc1ccc(Cl)c(S(=O)(=O)NC(C)(CC)CC)c1. The normalized spacial score (nSPS) is 12.6. The number of rotatable bonds is 8. The molecule has 0 saturated carbocycles. The Labute approximate surface area is 133 Å². The number of sulfonamides is 1. The van der Waals surface area contributed by atoms with Crippen molar-refractivity contribution in [1.82, 2.24) is 10.0 Å². The lowest BCUT2D eigenvalue weighted by Gasteiger charge is -2.28. The molecule has 0 aliphatic rings. The molecule has 0 heterocycles. The second-order valence-corrected chi connectivity index (χ2v) is 7.48. The lowest BCUT2D eigenvalue weighted by molar-refractivity contribution is 0.388. The van der Waals surface area contributed by atoms with E-state index in [4.69, 9.17) is 11.6 Å². The minimum atomic E-state index is -3.63. The van der Waals surface area contributed by atoms with E-state index in [0.717, 1.165) is 24.9 Å². The van der Waals surface area contributed by atoms with Crippen LogP contribution in [-0.2, 0) is 16.6 Å². The summed E-state index contributed by atoms with van der Waals surface area (Å²) in [4.78, 5) is 0.146. The van der Waals surface area contributed by atoms with Gasteiger partial charge in [0.2, 0.25) is 10.0 Å². The highest BCUT2D eigenvalue weighted by Crippen LogP contribution is 2.25. The van der Waals surface area contributed by atoms with E-state index < -0.39 is 15.6 Å². The minimum Gasteiger partial charge on any atom is -0.313 e. The standard InChI is InChI=1S/C15H25ClN2O2S/c1-5-15(4,6-2)18-21(19,20)14-10-12(11-17-7-3)8-9-13(14)16/h8-10,17-18H,5-7,11H2,1-4H3. The molecule has 0 saturated heterocycles. The highest BCUT2D eigenvalue weighted by Gasteiger charge is 2.28. The average molecular weight is 333 g/mol. The molecule has 120 valence electrons. The summed E-state index contributed by atoms with van der Waals surface area (Å²) < 4.78 is 28.0. The summed E-state index contributed by atoms with van der Waals surface area (Å²) in [5.74, 6) is 0. The summed E-state index contributed by atoms with van der Waals surface area (Å²) in [5.41, 5.74) is 0.441. The van der Waals surface area contributed by atoms with E-state index in [1.165, 1.54) is 0 Å². The molecule has 1 rings (SSSR count). The van der Waals surface area contributed by atoms with Crippen LogP contribution in [0, 0.1) is 0 Å². The van der Waals surface area contributed by atoms with Crippen LogP contribution in [0.4, 0.5) is 0 Å². The Morgan fingerprint density at radius 1 is 1.19 bits per heavy atom. The van der Waals surface area contributed by atoms with Crippen LogP contribution in [-0.4, -0.2) is 20.5 Å². The summed E-state index contributed by atoms with van der Waals surface area (Å²) in [7, 11) is -3.63. The maximum atomic E-state index is 12.6. The van der Waals surface area contributed by atoms with Crippen LogP contribution in [0.2, 0.25) is 5.02 Å². The molecule has 0 aliphatic carbocycles. The van der Waals surface area contributed by atoms with E-state index in [-0.39, 0.29) is 9.92 Å². The molecule has 0 aliphatic heterocycles. The predicted molar refractivity (Wildman–Crippen MR) is 88.1 cm³/mol. The Bertz CT molecular complexity index is 569. The Hall–Kier alpha value is -0.620. The van der Waals surface area contributed by atoms with E-state index in [9.17, 15) is 8.42 Å². The van der Waals surface area contributed by atoms with E-state index in [0.29, 0.717) is 6.54 Å². The summed E-state index contributed by atoms with van der Waals surface area (Å²) >= 11 is 6.09. The van der Waals surface area contributed by atoms with Gasteiger partial charge >= 0.3 is 0 Å². The molecule has 1 aromatic carbocycles. The van der Waals surface area contributed by atoms with Gasteiger partial charge in [-0.3, -0.25) is 0 Å². The number of benzene rings is 1. The van der Waals surface area contributed by atoms with Crippen LogP contribution in [0.1, 0.15) is 46.1 Å². The first-order valence-electron chi connectivity index (χ1n) is 7.31. The van der Waals surface area contributed by atoms with E-state index in [1.54, 1.807) is 12.1 Å². The molecular formula is C15H25ClN2O2S. The summed E-state index contributed by atoms with van der Waals surface area (Å²) in [6, 6.07) is 5.11. The van der Waals surface area contributed by atoms with Gasteiger partial charge in [0.25, 0.3) is 0 Å². The molecule has 4 nitrogen and oxygen atoms in total. The third-order valence-corrected chi connectivity index (χ3v) is 5.93. The zero-order chi connectivity index (χ0) is 16.1. The second kappa shape index (κ2) is 7.58. The van der Waals surface area contributed by atoms with E-state index >= 15 is 0 Å². The van der Waals surface area contributed by atoms with Crippen molar-refractivity contribution in [2.75, 3.05) is 6.54 Å². The third kappa shape index (κ3) is 4.95. The van der Waals surface area contributed by atoms with Crippen LogP contribution in [0.5, 0.6) is 0 Å². The van der Waals surface area contributed by atoms with Crippen molar-refractivity contribution in [2.45, 2.75) is 57.5 Å². The van der Waals surface area contributed by atoms with Gasteiger partial charge < -0.3 is 5.32 Å². The molecular weight excluding hydrogens is 308 g/mol. The molecule has 21 heavy (non-hydrogen) atoms. The molecule has 0 spiro atoms. The first-order valence-corrected chi connectivity index (χ1v) is 9.17. The maximum absolute atomic E-state index is 12.6. The van der Waals surface area contributed by atoms with E-state index in [2.05, 4.69) is 10.0 Å². The number of nitrogens with one attached hydrogen (secondary N) is 2. The fourth-order valence-corrected chi connectivity index (χ4v) is 4.01. The first kappa shape index (κ1) is 18.4. The van der Waals surface area contributed by atoms with Gasteiger partial charge in [0.15, 0.2) is 0 Å². The van der Waals surface area contributed by atoms with Gasteiger partial charge in [-0.05, 0) is 44.0 Å². The van der Waals surface area contributed by atoms with Crippen molar-refractivity contribution in [1.29, 1.82) is 0 Å². The van der Waals surface area contributed by atoms with Crippen LogP contribution in [0.25, 0.3) is 0 Å². The molecule has 0 amide bonds. The lowest BCUT2D eigenvalue weighted by atomic mass is 9.98. The Morgan fingerprint density at radius 2 is 1.81 bits per heavy atom. The van der Waals surface area contributed by atoms with Gasteiger partial charge in [0, 0.05) is 12.1 Å². The van der Waals surface area contributed by atoms with Gasteiger partial charge in [-0.25, -0.2) is 13.1 Å². The van der Waals surface area contributed by atoms with Gasteiger partial charge in [0.05, 0.1) is 5.02 Å². The first-order chi connectivity index (χ1) is 9.78. The van der Waals surface area contributed by atoms with Gasteiger partial charge in [0.1, 0.15) is 4.90 Å². The van der Waals surface area contributed by atoms with Crippen LogP contribution in [0.15, 0.2) is 23.1 Å². The van der Waals surface area contributed by atoms with Crippen LogP contribution < -0.4 is 10.0 Å². The average Bonchev–Trinajstić information content (AvgIpc) is 2.45. The Morgan fingerprint density at radius 3 is 2.33 bits per heavy atom. The highest BCUT2D eigenvalue weighted by molar-refractivity contribution is 7.89. The molecule has 0 atom stereocenters. The molecule has 0 unspecified atom stereocenters. The molecule has 2 N–H and O–H groups in total. The van der Waals surface area contributed by atoms with Crippen molar-refractivity contribution in [3.05, 3.63) is 28.8 Å². The summed E-state index contributed by atoms with van der Waals surface area (Å²) in [5, 5.41) is 3.42. The third-order valence-electron chi connectivity index (χ3n) is 3.81. The molecule has 0 fully saturated rings. The Kier molecular flexibility index (Phi) is 6.66. The lowest BCUT2D eigenvalue weighted by Crippen LogP contribution is -2.44.